The van der Waals surface area contributed by atoms with Gasteiger partial charge in [-0.1, -0.05) is 20.8 Å². The van der Waals surface area contributed by atoms with Gasteiger partial charge < -0.3 is 4.90 Å². The third-order valence-corrected chi connectivity index (χ3v) is 5.35. The van der Waals surface area contributed by atoms with Gasteiger partial charge in [0.25, 0.3) is 10.0 Å². The molecule has 0 aliphatic rings. The van der Waals surface area contributed by atoms with Crippen molar-refractivity contribution in [2.24, 2.45) is 0 Å². The molecule has 0 aliphatic carbocycles. The number of nitrogens with zero attached hydrogens (tertiary/aromatic N) is 3. The second kappa shape index (κ2) is 8.41. The third-order valence-electron chi connectivity index (χ3n) is 3.44. The van der Waals surface area contributed by atoms with Crippen LogP contribution in [-0.4, -0.2) is 55.3 Å². The molecule has 0 saturated heterocycles. The van der Waals surface area contributed by atoms with Crippen molar-refractivity contribution in [2.45, 2.75) is 32.2 Å². The summed E-state index contributed by atoms with van der Waals surface area (Å²) in [6, 6.07) is 2.49. The van der Waals surface area contributed by atoms with Gasteiger partial charge in [-0.05, 0) is 38.2 Å². The minimum absolute atomic E-state index is 0.302. The fourth-order valence-corrected chi connectivity index (χ4v) is 3.60. The quantitative estimate of drug-likeness (QED) is 0.699. The molecule has 0 bridgehead atoms. The fraction of sp³-hybridized carbons (Fsp3) is 0.643. The highest BCUT2D eigenvalue weighted by Crippen LogP contribution is 2.16. The SMILES string of the molecule is CCN(CC)CCCN(CC)S(=O)(=O)c1ncccc1F. The highest BCUT2D eigenvalue weighted by atomic mass is 32.2. The molecule has 7 heteroatoms. The van der Waals surface area contributed by atoms with Crippen LogP contribution in [-0.2, 0) is 10.0 Å². The number of pyridine rings is 1. The third kappa shape index (κ3) is 4.72. The minimum atomic E-state index is -3.86. The molecular formula is C14H24FN3O2S. The van der Waals surface area contributed by atoms with Crippen LogP contribution in [0.4, 0.5) is 4.39 Å². The van der Waals surface area contributed by atoms with Crippen LogP contribution in [0.15, 0.2) is 23.4 Å². The Hall–Kier alpha value is -1.05. The van der Waals surface area contributed by atoms with E-state index < -0.39 is 20.9 Å². The minimum Gasteiger partial charge on any atom is -0.304 e. The molecule has 0 aliphatic heterocycles. The maximum Gasteiger partial charge on any atom is 0.263 e. The average molecular weight is 317 g/mol. The van der Waals surface area contributed by atoms with E-state index in [1.54, 1.807) is 6.92 Å². The largest absolute Gasteiger partial charge is 0.304 e. The van der Waals surface area contributed by atoms with E-state index >= 15 is 0 Å². The Morgan fingerprint density at radius 1 is 1.14 bits per heavy atom. The fourth-order valence-electron chi connectivity index (χ4n) is 2.14. The molecule has 1 aromatic heterocycles. The molecule has 0 atom stereocenters. The predicted octanol–water partition coefficient (Wildman–Crippen LogP) is 1.96. The van der Waals surface area contributed by atoms with Gasteiger partial charge in [0.05, 0.1) is 0 Å². The molecule has 0 N–H and O–H groups in total. The van der Waals surface area contributed by atoms with E-state index in [1.807, 2.05) is 0 Å². The van der Waals surface area contributed by atoms with Crippen LogP contribution in [0.5, 0.6) is 0 Å². The lowest BCUT2D eigenvalue weighted by Gasteiger charge is -2.22. The second-order valence-electron chi connectivity index (χ2n) is 4.67. The smallest absolute Gasteiger partial charge is 0.263 e. The zero-order chi connectivity index (χ0) is 15.9. The molecule has 120 valence electrons. The first-order valence-electron chi connectivity index (χ1n) is 7.30. The molecule has 0 fully saturated rings. The summed E-state index contributed by atoms with van der Waals surface area (Å²) in [7, 11) is -3.86. The normalized spacial score (nSPS) is 12.3. The standard InChI is InChI=1S/C14H24FN3O2S/c1-4-17(5-2)11-8-12-18(6-3)21(19,20)14-13(15)9-7-10-16-14/h7,9-10H,4-6,8,11-12H2,1-3H3. The van der Waals surface area contributed by atoms with E-state index in [-0.39, 0.29) is 0 Å². The van der Waals surface area contributed by atoms with Crippen LogP contribution >= 0.6 is 0 Å². The highest BCUT2D eigenvalue weighted by Gasteiger charge is 2.27. The summed E-state index contributed by atoms with van der Waals surface area (Å²) in [6.07, 6.45) is 2.00. The van der Waals surface area contributed by atoms with Gasteiger partial charge >= 0.3 is 0 Å². The van der Waals surface area contributed by atoms with Crippen molar-refractivity contribution in [2.75, 3.05) is 32.7 Å². The number of hydrogen-bond donors (Lipinski definition) is 0. The van der Waals surface area contributed by atoms with E-state index in [0.29, 0.717) is 19.5 Å². The Morgan fingerprint density at radius 3 is 2.33 bits per heavy atom. The second-order valence-corrected chi connectivity index (χ2v) is 6.52. The van der Waals surface area contributed by atoms with Gasteiger partial charge in [-0.2, -0.15) is 4.31 Å². The Kier molecular flexibility index (Phi) is 7.21. The van der Waals surface area contributed by atoms with E-state index in [1.165, 1.54) is 16.6 Å². The molecule has 0 aromatic carbocycles. The van der Waals surface area contributed by atoms with Crippen molar-refractivity contribution < 1.29 is 12.8 Å². The zero-order valence-corrected chi connectivity index (χ0v) is 13.7. The lowest BCUT2D eigenvalue weighted by molar-refractivity contribution is 0.285. The van der Waals surface area contributed by atoms with Gasteiger partial charge in [0.15, 0.2) is 5.82 Å². The lowest BCUT2D eigenvalue weighted by atomic mass is 10.3. The maximum atomic E-state index is 13.7. The molecular weight excluding hydrogens is 293 g/mol. The Bertz CT molecular complexity index is 533. The van der Waals surface area contributed by atoms with Crippen LogP contribution in [0.2, 0.25) is 0 Å². The molecule has 1 rings (SSSR count). The van der Waals surface area contributed by atoms with Crippen molar-refractivity contribution in [1.82, 2.24) is 14.2 Å². The molecule has 0 radical (unpaired) electrons. The predicted molar refractivity (Wildman–Crippen MR) is 81.0 cm³/mol. The Labute approximate surface area is 126 Å². The number of hydrogen-bond acceptors (Lipinski definition) is 4. The molecule has 0 amide bonds. The molecule has 0 saturated carbocycles. The summed E-state index contributed by atoms with van der Waals surface area (Å²) < 4.78 is 39.8. The number of sulfonamides is 1. The summed E-state index contributed by atoms with van der Waals surface area (Å²) >= 11 is 0. The van der Waals surface area contributed by atoms with Crippen LogP contribution in [0.25, 0.3) is 0 Å². The molecule has 0 unspecified atom stereocenters. The highest BCUT2D eigenvalue weighted by molar-refractivity contribution is 7.89. The van der Waals surface area contributed by atoms with Crippen molar-refractivity contribution in [1.29, 1.82) is 0 Å². The monoisotopic (exact) mass is 317 g/mol. The van der Waals surface area contributed by atoms with Crippen LogP contribution in [0.3, 0.4) is 0 Å². The summed E-state index contributed by atoms with van der Waals surface area (Å²) in [6.45, 7) is 9.25. The van der Waals surface area contributed by atoms with Crippen LogP contribution < -0.4 is 0 Å². The van der Waals surface area contributed by atoms with Crippen molar-refractivity contribution in [3.63, 3.8) is 0 Å². The topological polar surface area (TPSA) is 53.5 Å². The van der Waals surface area contributed by atoms with Gasteiger partial charge in [-0.15, -0.1) is 0 Å². The lowest BCUT2D eigenvalue weighted by Crippen LogP contribution is -2.35. The van der Waals surface area contributed by atoms with E-state index in [2.05, 4.69) is 23.7 Å². The number of aromatic nitrogens is 1. The van der Waals surface area contributed by atoms with Gasteiger partial charge in [-0.3, -0.25) is 0 Å². The average Bonchev–Trinajstić information content (AvgIpc) is 2.47. The Balaban J connectivity index is 2.77. The van der Waals surface area contributed by atoms with Gasteiger partial charge in [0.1, 0.15) is 0 Å². The summed E-state index contributed by atoms with van der Waals surface area (Å²) in [5.74, 6) is -0.806. The first-order valence-corrected chi connectivity index (χ1v) is 8.74. The zero-order valence-electron chi connectivity index (χ0n) is 12.9. The number of halogens is 1. The first kappa shape index (κ1) is 18.0. The first-order chi connectivity index (χ1) is 9.97. The molecule has 21 heavy (non-hydrogen) atoms. The molecule has 1 heterocycles. The van der Waals surface area contributed by atoms with Crippen molar-refractivity contribution >= 4 is 10.0 Å². The molecule has 5 nitrogen and oxygen atoms in total. The van der Waals surface area contributed by atoms with Gasteiger partial charge in [-0.25, -0.2) is 17.8 Å². The van der Waals surface area contributed by atoms with Crippen molar-refractivity contribution in [3.8, 4) is 0 Å². The van der Waals surface area contributed by atoms with E-state index in [0.717, 1.165) is 25.7 Å². The Morgan fingerprint density at radius 2 is 1.81 bits per heavy atom. The summed E-state index contributed by atoms with van der Waals surface area (Å²) in [5.41, 5.74) is 0. The van der Waals surface area contributed by atoms with Crippen LogP contribution in [0.1, 0.15) is 27.2 Å². The van der Waals surface area contributed by atoms with Crippen molar-refractivity contribution in [3.05, 3.63) is 24.1 Å². The van der Waals surface area contributed by atoms with Gasteiger partial charge in [0.2, 0.25) is 5.03 Å². The molecule has 0 spiro atoms. The number of rotatable bonds is 9. The van der Waals surface area contributed by atoms with E-state index in [4.69, 9.17) is 0 Å². The van der Waals surface area contributed by atoms with Gasteiger partial charge in [0, 0.05) is 19.3 Å². The summed E-state index contributed by atoms with van der Waals surface area (Å²) in [5, 5.41) is -0.491. The van der Waals surface area contributed by atoms with E-state index in [9.17, 15) is 12.8 Å². The molecule has 1 aromatic rings. The van der Waals surface area contributed by atoms with Crippen LogP contribution in [0, 0.1) is 5.82 Å². The maximum absolute atomic E-state index is 13.7. The summed E-state index contributed by atoms with van der Waals surface area (Å²) in [4.78, 5) is 5.90.